The minimum absolute atomic E-state index is 0.00432. The first-order valence-corrected chi connectivity index (χ1v) is 10.4. The summed E-state index contributed by atoms with van der Waals surface area (Å²) in [5.74, 6) is 0.616. The Morgan fingerprint density at radius 1 is 1.25 bits per heavy atom. The summed E-state index contributed by atoms with van der Waals surface area (Å²) in [6, 6.07) is 10.3. The molecule has 0 aliphatic carbocycles. The second kappa shape index (κ2) is 7.85. The van der Waals surface area contributed by atoms with Gasteiger partial charge in [-0.25, -0.2) is 4.98 Å². The predicted molar refractivity (Wildman–Crippen MR) is 112 cm³/mol. The van der Waals surface area contributed by atoms with Crippen LogP contribution < -0.4 is 16.2 Å². The molecule has 28 heavy (non-hydrogen) atoms. The van der Waals surface area contributed by atoms with Crippen molar-refractivity contribution < 1.29 is 4.79 Å². The van der Waals surface area contributed by atoms with Crippen molar-refractivity contribution in [1.82, 2.24) is 20.6 Å². The van der Waals surface area contributed by atoms with E-state index < -0.39 is 0 Å². The van der Waals surface area contributed by atoms with E-state index in [4.69, 9.17) is 0 Å². The summed E-state index contributed by atoms with van der Waals surface area (Å²) < 4.78 is 0. The Kier molecular flexibility index (Phi) is 5.28. The lowest BCUT2D eigenvalue weighted by molar-refractivity contribution is -0.122. The summed E-state index contributed by atoms with van der Waals surface area (Å²) in [5.41, 5.74) is 2.11. The molecule has 0 bridgehead atoms. The number of thiophene rings is 1. The number of nitrogens with zero attached hydrogens (tertiary/aromatic N) is 1. The number of amides is 1. The Morgan fingerprint density at radius 3 is 2.82 bits per heavy atom. The Bertz CT molecular complexity index is 1060. The smallest absolute Gasteiger partial charge is 0.259 e. The van der Waals surface area contributed by atoms with Crippen LogP contribution in [0.1, 0.15) is 40.7 Å². The summed E-state index contributed by atoms with van der Waals surface area (Å²) in [6.45, 7) is 4.39. The molecule has 6 nitrogen and oxygen atoms in total. The standard InChI is InChI=1S/C21H24N4O2S/c1-12-13(2)28-21-18(12)20(27)24-17(25-21)10-11-22-19(26)16-9-8-15(23-16)14-6-4-3-5-7-14/h3-7,15-16,23H,8-11H2,1-2H3,(H,22,26)(H,24,25,27)/t15-,16-/m1/s1. The number of H-pyrrole nitrogens is 1. The highest BCUT2D eigenvalue weighted by molar-refractivity contribution is 7.18. The summed E-state index contributed by atoms with van der Waals surface area (Å²) in [5, 5.41) is 7.06. The number of hydrogen-bond acceptors (Lipinski definition) is 5. The maximum atomic E-state index is 12.5. The minimum Gasteiger partial charge on any atom is -0.354 e. The van der Waals surface area contributed by atoms with Gasteiger partial charge < -0.3 is 10.3 Å². The van der Waals surface area contributed by atoms with E-state index in [0.29, 0.717) is 24.2 Å². The zero-order chi connectivity index (χ0) is 19.7. The molecule has 146 valence electrons. The summed E-state index contributed by atoms with van der Waals surface area (Å²) >= 11 is 1.54. The van der Waals surface area contributed by atoms with Gasteiger partial charge in [0.25, 0.3) is 5.56 Å². The fraction of sp³-hybridized carbons (Fsp3) is 0.381. The number of carbonyl (C=O) groups is 1. The van der Waals surface area contributed by atoms with Gasteiger partial charge in [-0.05, 0) is 37.8 Å². The summed E-state index contributed by atoms with van der Waals surface area (Å²) in [4.78, 5) is 34.1. The van der Waals surface area contributed by atoms with Gasteiger partial charge in [0, 0.05) is 23.9 Å². The van der Waals surface area contributed by atoms with E-state index >= 15 is 0 Å². The molecule has 0 saturated carbocycles. The van der Waals surface area contributed by atoms with Crippen LogP contribution in [-0.4, -0.2) is 28.5 Å². The number of aryl methyl sites for hydroxylation is 2. The van der Waals surface area contributed by atoms with Gasteiger partial charge in [0.15, 0.2) is 0 Å². The van der Waals surface area contributed by atoms with Crippen molar-refractivity contribution in [1.29, 1.82) is 0 Å². The molecule has 3 heterocycles. The van der Waals surface area contributed by atoms with E-state index in [1.54, 1.807) is 0 Å². The van der Waals surface area contributed by atoms with Crippen LogP contribution in [0.25, 0.3) is 10.2 Å². The molecule has 1 aromatic carbocycles. The number of aromatic amines is 1. The monoisotopic (exact) mass is 396 g/mol. The number of hydrogen-bond donors (Lipinski definition) is 3. The molecule has 1 fully saturated rings. The van der Waals surface area contributed by atoms with Crippen LogP contribution >= 0.6 is 11.3 Å². The number of fused-ring (bicyclic) bond motifs is 1. The van der Waals surface area contributed by atoms with E-state index in [-0.39, 0.29) is 23.6 Å². The van der Waals surface area contributed by atoms with Gasteiger partial charge in [-0.1, -0.05) is 30.3 Å². The molecular weight excluding hydrogens is 372 g/mol. The van der Waals surface area contributed by atoms with Crippen LogP contribution in [0.4, 0.5) is 0 Å². The third kappa shape index (κ3) is 3.72. The molecule has 3 aromatic rings. The number of aromatic nitrogens is 2. The number of carbonyl (C=O) groups excluding carboxylic acids is 1. The molecule has 2 aromatic heterocycles. The normalized spacial score (nSPS) is 19.2. The maximum Gasteiger partial charge on any atom is 0.259 e. The average Bonchev–Trinajstić information content (AvgIpc) is 3.28. The third-order valence-electron chi connectivity index (χ3n) is 5.41. The van der Waals surface area contributed by atoms with Gasteiger partial charge >= 0.3 is 0 Å². The molecule has 0 spiro atoms. The fourth-order valence-electron chi connectivity index (χ4n) is 3.74. The van der Waals surface area contributed by atoms with Crippen molar-refractivity contribution in [3.63, 3.8) is 0 Å². The van der Waals surface area contributed by atoms with Crippen LogP contribution in [0.5, 0.6) is 0 Å². The largest absolute Gasteiger partial charge is 0.354 e. The molecule has 1 aliphatic heterocycles. The molecule has 1 aliphatic rings. The van der Waals surface area contributed by atoms with Crippen LogP contribution in [0.3, 0.4) is 0 Å². The van der Waals surface area contributed by atoms with Crippen molar-refractivity contribution in [3.05, 3.63) is 62.5 Å². The Labute approximate surface area is 167 Å². The van der Waals surface area contributed by atoms with Gasteiger partial charge in [-0.15, -0.1) is 11.3 Å². The van der Waals surface area contributed by atoms with E-state index in [1.165, 1.54) is 16.9 Å². The quantitative estimate of drug-likeness (QED) is 0.619. The summed E-state index contributed by atoms with van der Waals surface area (Å²) in [7, 11) is 0. The maximum absolute atomic E-state index is 12.5. The van der Waals surface area contributed by atoms with Gasteiger partial charge in [-0.2, -0.15) is 0 Å². The lowest BCUT2D eigenvalue weighted by atomic mass is 10.1. The van der Waals surface area contributed by atoms with Crippen LogP contribution in [0, 0.1) is 13.8 Å². The Morgan fingerprint density at radius 2 is 2.04 bits per heavy atom. The molecule has 2 atom stereocenters. The molecule has 1 saturated heterocycles. The number of benzene rings is 1. The molecule has 4 rings (SSSR count). The van der Waals surface area contributed by atoms with Gasteiger partial charge in [0.1, 0.15) is 10.7 Å². The third-order valence-corrected chi connectivity index (χ3v) is 6.52. The zero-order valence-corrected chi connectivity index (χ0v) is 16.9. The lowest BCUT2D eigenvalue weighted by Crippen LogP contribution is -2.41. The highest BCUT2D eigenvalue weighted by Gasteiger charge is 2.29. The summed E-state index contributed by atoms with van der Waals surface area (Å²) in [6.07, 6.45) is 2.27. The van der Waals surface area contributed by atoms with Gasteiger partial charge in [0.05, 0.1) is 11.4 Å². The highest BCUT2D eigenvalue weighted by Crippen LogP contribution is 2.27. The predicted octanol–water partition coefficient (Wildman–Crippen LogP) is 2.75. The van der Waals surface area contributed by atoms with E-state index in [1.807, 2.05) is 32.0 Å². The molecule has 1 amide bonds. The minimum atomic E-state index is -0.178. The first-order valence-electron chi connectivity index (χ1n) is 9.60. The second-order valence-electron chi connectivity index (χ2n) is 7.28. The number of nitrogens with one attached hydrogen (secondary N) is 3. The van der Waals surface area contributed by atoms with Gasteiger partial charge in [0.2, 0.25) is 5.91 Å². The first kappa shape index (κ1) is 18.8. The SMILES string of the molecule is Cc1sc2nc(CCNC(=O)[C@H]3CC[C@H](c4ccccc4)N3)[nH]c(=O)c2c1C. The topological polar surface area (TPSA) is 86.9 Å². The zero-order valence-electron chi connectivity index (χ0n) is 16.0. The average molecular weight is 397 g/mol. The molecule has 0 unspecified atom stereocenters. The van der Waals surface area contributed by atoms with Crippen molar-refractivity contribution in [2.75, 3.05) is 6.54 Å². The number of rotatable bonds is 5. The van der Waals surface area contributed by atoms with Crippen molar-refractivity contribution in [2.24, 2.45) is 0 Å². The molecular formula is C21H24N4O2S. The van der Waals surface area contributed by atoms with Crippen molar-refractivity contribution >= 4 is 27.5 Å². The van der Waals surface area contributed by atoms with E-state index in [0.717, 1.165) is 28.1 Å². The fourth-order valence-corrected chi connectivity index (χ4v) is 4.79. The highest BCUT2D eigenvalue weighted by atomic mass is 32.1. The van der Waals surface area contributed by atoms with Crippen molar-refractivity contribution in [3.8, 4) is 0 Å². The lowest BCUT2D eigenvalue weighted by Gasteiger charge is -2.14. The van der Waals surface area contributed by atoms with Crippen LogP contribution in [0.15, 0.2) is 35.1 Å². The molecule has 0 radical (unpaired) electrons. The van der Waals surface area contributed by atoms with Crippen LogP contribution in [-0.2, 0) is 11.2 Å². The van der Waals surface area contributed by atoms with Crippen LogP contribution in [0.2, 0.25) is 0 Å². The first-order chi connectivity index (χ1) is 13.5. The molecule has 3 N–H and O–H groups in total. The van der Waals surface area contributed by atoms with Crippen molar-refractivity contribution in [2.45, 2.75) is 45.2 Å². The van der Waals surface area contributed by atoms with E-state index in [2.05, 4.69) is 32.7 Å². The Balaban J connectivity index is 1.33. The molecule has 7 heteroatoms. The van der Waals surface area contributed by atoms with Gasteiger partial charge in [-0.3, -0.25) is 14.9 Å². The second-order valence-corrected chi connectivity index (χ2v) is 8.48. The van der Waals surface area contributed by atoms with E-state index in [9.17, 15) is 9.59 Å². The Hall–Kier alpha value is -2.51.